The topological polar surface area (TPSA) is 84.2 Å². The number of carbonyl (C=O) groups is 2. The lowest BCUT2D eigenvalue weighted by atomic mass is 10.1. The number of hydrogen-bond donors (Lipinski definition) is 2. The van der Waals surface area contributed by atoms with Crippen molar-refractivity contribution in [2.45, 2.75) is 32.2 Å². The number of carboxylic acid groups (broad SMARTS) is 1. The lowest BCUT2D eigenvalue weighted by Gasteiger charge is -2.12. The molecule has 0 spiro atoms. The molecule has 2 aromatic rings. The van der Waals surface area contributed by atoms with Crippen molar-refractivity contribution in [3.63, 3.8) is 0 Å². The number of hydrogen-bond acceptors (Lipinski definition) is 3. The smallest absolute Gasteiger partial charge is 0.306 e. The normalized spacial score (nSPS) is 20.1. The molecular weight excluding hydrogens is 374 g/mol. The summed E-state index contributed by atoms with van der Waals surface area (Å²) in [5, 5.41) is 16.3. The minimum Gasteiger partial charge on any atom is -0.481 e. The van der Waals surface area contributed by atoms with E-state index in [1.807, 2.05) is 31.2 Å². The number of benzene rings is 1. The molecule has 1 aliphatic carbocycles. The summed E-state index contributed by atoms with van der Waals surface area (Å²) < 4.78 is 2.69. The van der Waals surface area contributed by atoms with Gasteiger partial charge in [0, 0.05) is 10.5 Å². The molecule has 3 rings (SSSR count). The first-order chi connectivity index (χ1) is 11.5. The van der Waals surface area contributed by atoms with Crippen LogP contribution in [0.3, 0.4) is 0 Å². The van der Waals surface area contributed by atoms with E-state index in [1.165, 1.54) is 0 Å². The number of nitrogens with one attached hydrogen (secondary N) is 1. The third-order valence-corrected chi connectivity index (χ3v) is 4.97. The molecular formula is C17H18BrN3O3. The molecule has 1 amide bonds. The van der Waals surface area contributed by atoms with Crippen LogP contribution in [-0.4, -0.2) is 32.8 Å². The average Bonchev–Trinajstić information content (AvgIpc) is 3.15. The van der Waals surface area contributed by atoms with Gasteiger partial charge in [-0.15, -0.1) is 0 Å². The maximum atomic E-state index is 12.5. The van der Waals surface area contributed by atoms with Gasteiger partial charge < -0.3 is 10.4 Å². The van der Waals surface area contributed by atoms with Crippen LogP contribution in [-0.2, 0) is 4.79 Å². The summed E-state index contributed by atoms with van der Waals surface area (Å²) in [7, 11) is 0. The van der Waals surface area contributed by atoms with Crippen molar-refractivity contribution >= 4 is 27.8 Å². The van der Waals surface area contributed by atoms with Crippen molar-refractivity contribution in [1.82, 2.24) is 15.1 Å². The van der Waals surface area contributed by atoms with Gasteiger partial charge in [-0.3, -0.25) is 9.59 Å². The lowest BCUT2D eigenvalue weighted by molar-refractivity contribution is -0.141. The molecule has 0 saturated heterocycles. The van der Waals surface area contributed by atoms with E-state index >= 15 is 0 Å². The standard InChI is InChI=1S/C17H18BrN3O3/c1-10-15(9-19-21(10)14-6-3-12(18)4-7-14)16(22)20-13-5-2-11(8-13)17(23)24/h3-4,6-7,9,11,13H,2,5,8H2,1H3,(H,20,22)(H,23,24)/t11-,13+/m0/s1. The Hall–Kier alpha value is -2.15. The van der Waals surface area contributed by atoms with Crippen molar-refractivity contribution in [3.8, 4) is 5.69 Å². The van der Waals surface area contributed by atoms with Gasteiger partial charge >= 0.3 is 5.97 Å². The van der Waals surface area contributed by atoms with Crippen LogP contribution in [0.4, 0.5) is 0 Å². The van der Waals surface area contributed by atoms with E-state index in [-0.39, 0.29) is 17.9 Å². The Labute approximate surface area is 148 Å². The Kier molecular flexibility index (Phi) is 4.71. The first-order valence-corrected chi connectivity index (χ1v) is 8.59. The van der Waals surface area contributed by atoms with E-state index in [4.69, 9.17) is 5.11 Å². The highest BCUT2D eigenvalue weighted by atomic mass is 79.9. The Morgan fingerprint density at radius 3 is 2.62 bits per heavy atom. The van der Waals surface area contributed by atoms with Crippen molar-refractivity contribution in [2.24, 2.45) is 5.92 Å². The van der Waals surface area contributed by atoms with Crippen LogP contribution in [0.15, 0.2) is 34.9 Å². The molecule has 1 aromatic heterocycles. The molecule has 1 heterocycles. The number of aromatic nitrogens is 2. The van der Waals surface area contributed by atoms with Gasteiger partial charge in [0.1, 0.15) is 0 Å². The largest absolute Gasteiger partial charge is 0.481 e. The van der Waals surface area contributed by atoms with E-state index in [2.05, 4.69) is 26.3 Å². The molecule has 0 radical (unpaired) electrons. The summed E-state index contributed by atoms with van der Waals surface area (Å²) in [6.07, 6.45) is 3.34. The zero-order valence-corrected chi connectivity index (χ0v) is 14.8. The highest BCUT2D eigenvalue weighted by Gasteiger charge is 2.31. The predicted octanol–water partition coefficient (Wildman–Crippen LogP) is 2.93. The van der Waals surface area contributed by atoms with Gasteiger partial charge in [0.2, 0.25) is 0 Å². The molecule has 2 N–H and O–H groups in total. The van der Waals surface area contributed by atoms with Crippen LogP contribution < -0.4 is 5.32 Å². The van der Waals surface area contributed by atoms with Crippen LogP contribution in [0.1, 0.15) is 35.3 Å². The lowest BCUT2D eigenvalue weighted by Crippen LogP contribution is -2.33. The second-order valence-corrected chi connectivity index (χ2v) is 6.97. The molecule has 0 bridgehead atoms. The Morgan fingerprint density at radius 1 is 1.29 bits per heavy atom. The third kappa shape index (κ3) is 3.36. The molecule has 1 saturated carbocycles. The summed E-state index contributed by atoms with van der Waals surface area (Å²) in [4.78, 5) is 23.5. The van der Waals surface area contributed by atoms with E-state index in [0.29, 0.717) is 24.8 Å². The zero-order chi connectivity index (χ0) is 17.3. The predicted molar refractivity (Wildman–Crippen MR) is 92.2 cm³/mol. The number of rotatable bonds is 4. The monoisotopic (exact) mass is 391 g/mol. The highest BCUT2D eigenvalue weighted by molar-refractivity contribution is 9.10. The summed E-state index contributed by atoms with van der Waals surface area (Å²) in [5.74, 6) is -1.35. The van der Waals surface area contributed by atoms with Crippen LogP contribution in [0, 0.1) is 12.8 Å². The number of nitrogens with zero attached hydrogens (tertiary/aromatic N) is 2. The Balaban J connectivity index is 1.72. The molecule has 0 unspecified atom stereocenters. The molecule has 126 valence electrons. The molecule has 2 atom stereocenters. The number of aliphatic carboxylic acids is 1. The maximum absolute atomic E-state index is 12.5. The molecule has 1 aliphatic rings. The van der Waals surface area contributed by atoms with Gasteiger partial charge in [-0.1, -0.05) is 15.9 Å². The maximum Gasteiger partial charge on any atom is 0.306 e. The molecule has 0 aliphatic heterocycles. The van der Waals surface area contributed by atoms with Gasteiger partial charge in [-0.05, 0) is 50.5 Å². The molecule has 1 fully saturated rings. The SMILES string of the molecule is Cc1c(C(=O)N[C@@H]2CC[C@H](C(=O)O)C2)cnn1-c1ccc(Br)cc1. The highest BCUT2D eigenvalue weighted by Crippen LogP contribution is 2.26. The number of carboxylic acids is 1. The fourth-order valence-electron chi connectivity index (χ4n) is 3.08. The van der Waals surface area contributed by atoms with Crippen molar-refractivity contribution in [1.29, 1.82) is 0 Å². The van der Waals surface area contributed by atoms with E-state index in [9.17, 15) is 9.59 Å². The van der Waals surface area contributed by atoms with Crippen LogP contribution >= 0.6 is 15.9 Å². The molecule has 6 nitrogen and oxygen atoms in total. The molecule has 7 heteroatoms. The molecule has 24 heavy (non-hydrogen) atoms. The van der Waals surface area contributed by atoms with Crippen LogP contribution in [0.25, 0.3) is 5.69 Å². The number of amides is 1. The van der Waals surface area contributed by atoms with E-state index in [1.54, 1.807) is 10.9 Å². The fraction of sp³-hybridized carbons (Fsp3) is 0.353. The first kappa shape index (κ1) is 16.7. The minimum absolute atomic E-state index is 0.0889. The summed E-state index contributed by atoms with van der Waals surface area (Å²) in [6, 6.07) is 7.58. The quantitative estimate of drug-likeness (QED) is 0.838. The van der Waals surface area contributed by atoms with Crippen molar-refractivity contribution < 1.29 is 14.7 Å². The average molecular weight is 392 g/mol. The van der Waals surface area contributed by atoms with Crippen molar-refractivity contribution in [3.05, 3.63) is 46.2 Å². The van der Waals surface area contributed by atoms with Crippen molar-refractivity contribution in [2.75, 3.05) is 0 Å². The summed E-state index contributed by atoms with van der Waals surface area (Å²) in [5.41, 5.74) is 2.14. The third-order valence-electron chi connectivity index (χ3n) is 4.44. The zero-order valence-electron chi connectivity index (χ0n) is 13.2. The van der Waals surface area contributed by atoms with Gasteiger partial charge in [0.15, 0.2) is 0 Å². The minimum atomic E-state index is -0.786. The molecule has 1 aromatic carbocycles. The second-order valence-electron chi connectivity index (χ2n) is 6.05. The second kappa shape index (κ2) is 6.76. The van der Waals surface area contributed by atoms with Crippen LogP contribution in [0.5, 0.6) is 0 Å². The number of halogens is 1. The Bertz CT molecular complexity index is 770. The van der Waals surface area contributed by atoms with E-state index in [0.717, 1.165) is 15.9 Å². The Morgan fingerprint density at radius 2 is 2.00 bits per heavy atom. The first-order valence-electron chi connectivity index (χ1n) is 7.80. The van der Waals surface area contributed by atoms with Gasteiger partial charge in [-0.2, -0.15) is 5.10 Å². The summed E-state index contributed by atoms with van der Waals surface area (Å²) in [6.45, 7) is 1.85. The number of carbonyl (C=O) groups excluding carboxylic acids is 1. The van der Waals surface area contributed by atoms with Gasteiger partial charge in [-0.25, -0.2) is 4.68 Å². The van der Waals surface area contributed by atoms with Gasteiger partial charge in [0.25, 0.3) is 5.91 Å². The fourth-order valence-corrected chi connectivity index (χ4v) is 3.34. The van der Waals surface area contributed by atoms with Crippen LogP contribution in [0.2, 0.25) is 0 Å². The summed E-state index contributed by atoms with van der Waals surface area (Å²) >= 11 is 3.39. The van der Waals surface area contributed by atoms with Gasteiger partial charge in [0.05, 0.1) is 29.1 Å². The van der Waals surface area contributed by atoms with E-state index < -0.39 is 5.97 Å².